The second-order valence-electron chi connectivity index (χ2n) is 17.5. The molecule has 1 saturated heterocycles. The molecule has 1 aliphatic rings. The highest BCUT2D eigenvalue weighted by Crippen LogP contribution is 2.22. The van der Waals surface area contributed by atoms with Crippen molar-refractivity contribution in [1.82, 2.24) is 5.32 Å². The van der Waals surface area contributed by atoms with Crippen molar-refractivity contribution in [3.63, 3.8) is 0 Å². The van der Waals surface area contributed by atoms with E-state index in [-0.39, 0.29) is 18.9 Å². The van der Waals surface area contributed by atoms with Crippen LogP contribution >= 0.6 is 12.6 Å². The van der Waals surface area contributed by atoms with Crippen LogP contribution in [-0.2, 0) is 14.3 Å². The first-order valence-corrected chi connectivity index (χ1v) is 24.8. The molecule has 0 saturated carbocycles. The molecule has 1 aliphatic heterocycles. The lowest BCUT2D eigenvalue weighted by Crippen LogP contribution is -2.52. The van der Waals surface area contributed by atoms with Gasteiger partial charge in [0.15, 0.2) is 6.29 Å². The molecule has 0 spiro atoms. The summed E-state index contributed by atoms with van der Waals surface area (Å²) in [5.41, 5.74) is 0. The molecule has 0 aromatic carbocycles. The summed E-state index contributed by atoms with van der Waals surface area (Å²) in [7, 11) is 0. The van der Waals surface area contributed by atoms with Crippen molar-refractivity contribution < 1.29 is 34.7 Å². The number of hydrogen-bond donors (Lipinski definition) is 6. The molecule has 0 aromatic rings. The van der Waals surface area contributed by atoms with Crippen LogP contribution in [-0.4, -0.2) is 82.0 Å². The molecule has 0 radical (unpaired) electrons. The van der Waals surface area contributed by atoms with E-state index in [1.54, 1.807) is 0 Å². The monoisotopic (exact) mass is 816 g/mol. The zero-order valence-electron chi connectivity index (χ0n) is 36.7. The van der Waals surface area contributed by atoms with E-state index in [0.29, 0.717) is 12.8 Å². The van der Waals surface area contributed by atoms with E-state index < -0.39 is 43.4 Å². The molecule has 0 aromatic heterocycles. The summed E-state index contributed by atoms with van der Waals surface area (Å²) in [5, 5.41) is 44.0. The Bertz CT molecular complexity index is 853. The van der Waals surface area contributed by atoms with Crippen LogP contribution in [0.1, 0.15) is 232 Å². The smallest absolute Gasteiger partial charge is 0.220 e. The van der Waals surface area contributed by atoms with Gasteiger partial charge in [0.05, 0.1) is 31.5 Å². The molecule has 5 N–H and O–H groups in total. The molecule has 8 nitrogen and oxygen atoms in total. The zero-order valence-corrected chi connectivity index (χ0v) is 37.6. The van der Waals surface area contributed by atoms with Crippen LogP contribution in [0, 0.1) is 5.92 Å². The molecule has 1 amide bonds. The largest absolute Gasteiger partial charge is 0.394 e. The highest BCUT2D eigenvalue weighted by Gasteiger charge is 2.37. The fraction of sp³-hybridized carbons (Fsp3) is 0.979. The number of aliphatic hydroxyl groups excluding tert-OH is 4. The molecule has 9 heteroatoms. The Kier molecular flexibility index (Phi) is 37.1. The third kappa shape index (κ3) is 30.6. The minimum Gasteiger partial charge on any atom is -0.394 e. The molecule has 0 bridgehead atoms. The van der Waals surface area contributed by atoms with Crippen molar-refractivity contribution in [3.05, 3.63) is 0 Å². The summed E-state index contributed by atoms with van der Waals surface area (Å²) in [6.45, 7) is 4.16. The van der Waals surface area contributed by atoms with Gasteiger partial charge in [-0.15, -0.1) is 0 Å². The van der Waals surface area contributed by atoms with Gasteiger partial charge < -0.3 is 35.2 Å². The van der Waals surface area contributed by atoms with E-state index in [9.17, 15) is 25.2 Å². The van der Waals surface area contributed by atoms with Crippen LogP contribution < -0.4 is 5.32 Å². The summed E-state index contributed by atoms with van der Waals surface area (Å²) >= 11 is 4.38. The molecule has 6 unspecified atom stereocenters. The van der Waals surface area contributed by atoms with Gasteiger partial charge in [0.1, 0.15) is 12.2 Å². The van der Waals surface area contributed by atoms with Crippen LogP contribution in [0.4, 0.5) is 0 Å². The summed E-state index contributed by atoms with van der Waals surface area (Å²) in [4.78, 5) is 13.0. The summed E-state index contributed by atoms with van der Waals surface area (Å²) < 4.78 is 11.5. The van der Waals surface area contributed by atoms with Crippen molar-refractivity contribution >= 4 is 18.5 Å². The number of aliphatic hydroxyl groups is 4. The number of hydrogen-bond acceptors (Lipinski definition) is 8. The first-order chi connectivity index (χ1) is 27.3. The second-order valence-corrected chi connectivity index (χ2v) is 17.9. The quantitative estimate of drug-likeness (QED) is 0.0268. The van der Waals surface area contributed by atoms with Crippen LogP contribution in [0.3, 0.4) is 0 Å². The van der Waals surface area contributed by atoms with Gasteiger partial charge in [-0.25, -0.2) is 0 Å². The standard InChI is InChI=1S/C47H93NO7S/c1-3-4-5-6-7-8-9-10-11-12-13-14-15-16-17-18-23-26-29-32-35-45(52)48-41(38-54-46-36-43(51)47(53)44(37-49)55-46)42(50)34-31-28-25-22-20-19-21-24-27-30-33-40(2)39-56/h40-44,46-47,49-51,53,56H,3-39H2,1-2H3,(H,48,52)/t40?,41-,42?,43?,44?,46?,47?/m0/s1. The summed E-state index contributed by atoms with van der Waals surface area (Å²) in [6.07, 6.45) is 36.1. The summed E-state index contributed by atoms with van der Waals surface area (Å²) in [6, 6.07) is -0.594. The molecule has 1 fully saturated rings. The molecular weight excluding hydrogens is 723 g/mol. The van der Waals surface area contributed by atoms with Crippen LogP contribution in [0.5, 0.6) is 0 Å². The minimum atomic E-state index is -1.18. The second kappa shape index (κ2) is 38.8. The topological polar surface area (TPSA) is 128 Å². The van der Waals surface area contributed by atoms with Crippen molar-refractivity contribution in [1.29, 1.82) is 0 Å². The molecular formula is C47H93NO7S. The Morgan fingerprint density at radius 2 is 1.09 bits per heavy atom. The average molecular weight is 816 g/mol. The SMILES string of the molecule is CCCCCCCCCCCCCCCCCCCCCCC(=O)N[C@@H](COC1CC(O)C(O)C(CO)O1)C(O)CCCCCCCCCCCCC(C)CS. The number of thiol groups is 1. The maximum Gasteiger partial charge on any atom is 0.220 e. The van der Waals surface area contributed by atoms with Gasteiger partial charge >= 0.3 is 0 Å². The zero-order chi connectivity index (χ0) is 40.9. The van der Waals surface area contributed by atoms with E-state index in [0.717, 1.165) is 50.2 Å². The van der Waals surface area contributed by atoms with E-state index in [1.807, 2.05) is 0 Å². The number of unbranched alkanes of at least 4 members (excludes halogenated alkanes) is 28. The number of amides is 1. The van der Waals surface area contributed by atoms with E-state index in [2.05, 4.69) is 31.8 Å². The van der Waals surface area contributed by atoms with E-state index >= 15 is 0 Å². The third-order valence-corrected chi connectivity index (χ3v) is 12.6. The molecule has 1 rings (SSSR count). The Morgan fingerprint density at radius 3 is 1.52 bits per heavy atom. The fourth-order valence-corrected chi connectivity index (χ4v) is 8.19. The van der Waals surface area contributed by atoms with Gasteiger partial charge in [0, 0.05) is 12.8 Å². The number of carbonyl (C=O) groups is 1. The highest BCUT2D eigenvalue weighted by molar-refractivity contribution is 7.80. The minimum absolute atomic E-state index is 0.0331. The number of nitrogens with one attached hydrogen (secondary N) is 1. The van der Waals surface area contributed by atoms with Gasteiger partial charge in [0.2, 0.25) is 5.91 Å². The van der Waals surface area contributed by atoms with E-state index in [4.69, 9.17) is 9.47 Å². The van der Waals surface area contributed by atoms with Crippen LogP contribution in [0.15, 0.2) is 0 Å². The predicted octanol–water partition coefficient (Wildman–Crippen LogP) is 11.1. The van der Waals surface area contributed by atoms with Gasteiger partial charge in [-0.2, -0.15) is 12.6 Å². The normalized spacial score (nSPS) is 20.3. The molecule has 334 valence electrons. The molecule has 0 aliphatic carbocycles. The van der Waals surface area contributed by atoms with Gasteiger partial charge in [-0.1, -0.05) is 200 Å². The Balaban J connectivity index is 2.22. The Morgan fingerprint density at radius 1 is 0.679 bits per heavy atom. The first-order valence-electron chi connectivity index (χ1n) is 24.1. The lowest BCUT2D eigenvalue weighted by Gasteiger charge is -2.37. The fourth-order valence-electron chi connectivity index (χ4n) is 8.01. The van der Waals surface area contributed by atoms with Gasteiger partial charge in [-0.3, -0.25) is 4.79 Å². The van der Waals surface area contributed by atoms with Crippen molar-refractivity contribution in [3.8, 4) is 0 Å². The molecule has 1 heterocycles. The molecule has 56 heavy (non-hydrogen) atoms. The highest BCUT2D eigenvalue weighted by atomic mass is 32.1. The Labute approximate surface area is 351 Å². The lowest BCUT2D eigenvalue weighted by molar-refractivity contribution is -0.259. The van der Waals surface area contributed by atoms with E-state index in [1.165, 1.54) is 161 Å². The van der Waals surface area contributed by atoms with Crippen LogP contribution in [0.2, 0.25) is 0 Å². The van der Waals surface area contributed by atoms with Gasteiger partial charge in [-0.05, 0) is 30.9 Å². The average Bonchev–Trinajstić information content (AvgIpc) is 3.19. The number of ether oxygens (including phenoxy) is 2. The van der Waals surface area contributed by atoms with Gasteiger partial charge in [0.25, 0.3) is 0 Å². The Hall–Kier alpha value is -0.420. The van der Waals surface area contributed by atoms with Crippen molar-refractivity contribution in [2.45, 2.75) is 269 Å². The van der Waals surface area contributed by atoms with Crippen molar-refractivity contribution in [2.75, 3.05) is 19.0 Å². The predicted molar refractivity (Wildman–Crippen MR) is 237 cm³/mol. The third-order valence-electron chi connectivity index (χ3n) is 12.0. The lowest BCUT2D eigenvalue weighted by atomic mass is 10.0. The number of rotatable bonds is 41. The number of carbonyl (C=O) groups excluding carboxylic acids is 1. The first kappa shape index (κ1) is 53.6. The maximum atomic E-state index is 13.0. The van der Waals surface area contributed by atoms with Crippen molar-refractivity contribution in [2.24, 2.45) is 5.92 Å². The maximum absolute atomic E-state index is 13.0. The summed E-state index contributed by atoms with van der Waals surface area (Å²) in [5.74, 6) is 1.63. The molecule has 7 atom stereocenters. The van der Waals surface area contributed by atoms with Crippen LogP contribution in [0.25, 0.3) is 0 Å².